The molecule has 5 nitrogen and oxygen atoms in total. The minimum Gasteiger partial charge on any atom is -0.490 e. The Balaban J connectivity index is 1.41. The van der Waals surface area contributed by atoms with Crippen molar-refractivity contribution >= 4 is 11.6 Å². The second-order valence-electron chi connectivity index (χ2n) is 6.37. The largest absolute Gasteiger partial charge is 0.490 e. The van der Waals surface area contributed by atoms with Crippen LogP contribution < -0.4 is 19.5 Å². The fourth-order valence-corrected chi connectivity index (χ4v) is 2.67. The normalized spacial score (nSPS) is 10.2. The SMILES string of the molecule is CCc1ccc(OCC(=O)Nc2cccc(OCCOc3ccccc3)c2)cc1. The van der Waals surface area contributed by atoms with Gasteiger partial charge in [-0.2, -0.15) is 0 Å². The van der Waals surface area contributed by atoms with Gasteiger partial charge in [0.25, 0.3) is 5.91 Å². The van der Waals surface area contributed by atoms with Gasteiger partial charge in [-0.15, -0.1) is 0 Å². The summed E-state index contributed by atoms with van der Waals surface area (Å²) in [6.07, 6.45) is 0.970. The zero-order chi connectivity index (χ0) is 20.3. The molecule has 0 radical (unpaired) electrons. The third-order valence-electron chi connectivity index (χ3n) is 4.18. The van der Waals surface area contributed by atoms with Gasteiger partial charge in [-0.1, -0.05) is 43.3 Å². The van der Waals surface area contributed by atoms with Gasteiger partial charge in [0.1, 0.15) is 30.5 Å². The first-order valence-corrected chi connectivity index (χ1v) is 9.65. The molecule has 3 aromatic carbocycles. The molecule has 3 rings (SSSR count). The summed E-state index contributed by atoms with van der Waals surface area (Å²) >= 11 is 0. The number of hydrogen-bond acceptors (Lipinski definition) is 4. The molecule has 0 aliphatic carbocycles. The maximum Gasteiger partial charge on any atom is 0.262 e. The third-order valence-corrected chi connectivity index (χ3v) is 4.18. The van der Waals surface area contributed by atoms with Crippen molar-refractivity contribution in [1.82, 2.24) is 0 Å². The van der Waals surface area contributed by atoms with Gasteiger partial charge >= 0.3 is 0 Å². The van der Waals surface area contributed by atoms with Crippen LogP contribution in [-0.2, 0) is 11.2 Å². The Bertz CT molecular complexity index is 894. The lowest BCUT2D eigenvalue weighted by atomic mass is 10.2. The topological polar surface area (TPSA) is 56.8 Å². The summed E-state index contributed by atoms with van der Waals surface area (Å²) < 4.78 is 16.8. The maximum atomic E-state index is 12.1. The molecular weight excluding hydrogens is 366 g/mol. The summed E-state index contributed by atoms with van der Waals surface area (Å²) in [6, 6.07) is 24.6. The Labute approximate surface area is 171 Å². The second kappa shape index (κ2) is 10.8. The number of carbonyl (C=O) groups is 1. The molecule has 0 saturated carbocycles. The lowest BCUT2D eigenvalue weighted by Gasteiger charge is -2.11. The van der Waals surface area contributed by atoms with Gasteiger partial charge in [0.2, 0.25) is 0 Å². The molecule has 0 heterocycles. The molecule has 29 heavy (non-hydrogen) atoms. The molecule has 1 amide bonds. The van der Waals surface area contributed by atoms with Gasteiger partial charge in [0, 0.05) is 11.8 Å². The number of ether oxygens (including phenoxy) is 3. The fourth-order valence-electron chi connectivity index (χ4n) is 2.67. The fraction of sp³-hybridized carbons (Fsp3) is 0.208. The first-order valence-electron chi connectivity index (χ1n) is 9.65. The van der Waals surface area contributed by atoms with Crippen LogP contribution in [0.3, 0.4) is 0 Å². The van der Waals surface area contributed by atoms with Crippen LogP contribution in [0.1, 0.15) is 12.5 Å². The van der Waals surface area contributed by atoms with E-state index in [9.17, 15) is 4.79 Å². The average Bonchev–Trinajstić information content (AvgIpc) is 2.77. The number of benzene rings is 3. The van der Waals surface area contributed by atoms with Crippen molar-refractivity contribution in [2.75, 3.05) is 25.1 Å². The molecule has 5 heteroatoms. The first kappa shape index (κ1) is 20.3. The van der Waals surface area contributed by atoms with Gasteiger partial charge in [0.05, 0.1) is 0 Å². The van der Waals surface area contributed by atoms with E-state index in [1.807, 2.05) is 66.7 Å². The van der Waals surface area contributed by atoms with E-state index in [-0.39, 0.29) is 12.5 Å². The van der Waals surface area contributed by atoms with E-state index in [0.29, 0.717) is 30.4 Å². The Morgan fingerprint density at radius 3 is 2.14 bits per heavy atom. The van der Waals surface area contributed by atoms with E-state index in [4.69, 9.17) is 14.2 Å². The molecule has 0 aliphatic heterocycles. The standard InChI is InChI=1S/C24H25NO4/c1-2-19-11-13-22(14-12-19)29-18-24(26)25-20-7-6-10-23(17-20)28-16-15-27-21-8-4-3-5-9-21/h3-14,17H,2,15-16,18H2,1H3,(H,25,26). The van der Waals surface area contributed by atoms with Crippen molar-refractivity contribution in [3.05, 3.63) is 84.4 Å². The average molecular weight is 391 g/mol. The number of amides is 1. The Morgan fingerprint density at radius 1 is 0.759 bits per heavy atom. The number of aryl methyl sites for hydroxylation is 1. The highest BCUT2D eigenvalue weighted by Gasteiger charge is 2.05. The predicted octanol–water partition coefficient (Wildman–Crippen LogP) is 4.72. The molecule has 3 aromatic rings. The van der Waals surface area contributed by atoms with E-state index in [0.717, 1.165) is 12.2 Å². The zero-order valence-electron chi connectivity index (χ0n) is 16.5. The minimum absolute atomic E-state index is 0.0541. The molecule has 0 fully saturated rings. The molecule has 0 bridgehead atoms. The second-order valence-corrected chi connectivity index (χ2v) is 6.37. The smallest absolute Gasteiger partial charge is 0.262 e. The maximum absolute atomic E-state index is 12.1. The van der Waals surface area contributed by atoms with Gasteiger partial charge in [0.15, 0.2) is 6.61 Å². The number of hydrogen-bond donors (Lipinski definition) is 1. The van der Waals surface area contributed by atoms with Crippen LogP contribution in [0.4, 0.5) is 5.69 Å². The van der Waals surface area contributed by atoms with E-state index in [1.54, 1.807) is 12.1 Å². The van der Waals surface area contributed by atoms with Gasteiger partial charge in [-0.05, 0) is 48.4 Å². The van der Waals surface area contributed by atoms with E-state index >= 15 is 0 Å². The first-order chi connectivity index (χ1) is 14.2. The number of para-hydroxylation sites is 1. The van der Waals surface area contributed by atoms with E-state index in [1.165, 1.54) is 5.56 Å². The quantitative estimate of drug-likeness (QED) is 0.508. The Hall–Kier alpha value is -3.47. The van der Waals surface area contributed by atoms with Crippen molar-refractivity contribution in [2.24, 2.45) is 0 Å². The summed E-state index contributed by atoms with van der Waals surface area (Å²) in [7, 11) is 0. The van der Waals surface area contributed by atoms with Crippen LogP contribution in [0, 0.1) is 0 Å². The number of rotatable bonds is 10. The summed E-state index contributed by atoms with van der Waals surface area (Å²) in [5.74, 6) is 1.92. The Morgan fingerprint density at radius 2 is 1.41 bits per heavy atom. The van der Waals surface area contributed by atoms with Crippen molar-refractivity contribution in [2.45, 2.75) is 13.3 Å². The van der Waals surface area contributed by atoms with Crippen molar-refractivity contribution in [1.29, 1.82) is 0 Å². The summed E-state index contributed by atoms with van der Waals surface area (Å²) in [4.78, 5) is 12.1. The van der Waals surface area contributed by atoms with Crippen LogP contribution in [0.15, 0.2) is 78.9 Å². The highest BCUT2D eigenvalue weighted by atomic mass is 16.5. The molecule has 0 aromatic heterocycles. The molecule has 0 unspecified atom stereocenters. The summed E-state index contributed by atoms with van der Waals surface area (Å²) in [6.45, 7) is 2.88. The van der Waals surface area contributed by atoms with Crippen molar-refractivity contribution < 1.29 is 19.0 Å². The highest BCUT2D eigenvalue weighted by Crippen LogP contribution is 2.18. The molecule has 0 atom stereocenters. The number of anilines is 1. The highest BCUT2D eigenvalue weighted by molar-refractivity contribution is 5.92. The number of carbonyl (C=O) groups excluding carboxylic acids is 1. The molecule has 150 valence electrons. The molecule has 0 spiro atoms. The third kappa shape index (κ3) is 6.88. The van der Waals surface area contributed by atoms with Crippen LogP contribution in [0.25, 0.3) is 0 Å². The van der Waals surface area contributed by atoms with E-state index < -0.39 is 0 Å². The number of nitrogens with one attached hydrogen (secondary N) is 1. The van der Waals surface area contributed by atoms with Crippen molar-refractivity contribution in [3.8, 4) is 17.2 Å². The molecule has 1 N–H and O–H groups in total. The lowest BCUT2D eigenvalue weighted by molar-refractivity contribution is -0.118. The van der Waals surface area contributed by atoms with Crippen LogP contribution in [-0.4, -0.2) is 25.7 Å². The summed E-state index contributed by atoms with van der Waals surface area (Å²) in [5.41, 5.74) is 1.88. The van der Waals surface area contributed by atoms with E-state index in [2.05, 4.69) is 12.2 Å². The minimum atomic E-state index is -0.228. The monoisotopic (exact) mass is 391 g/mol. The van der Waals surface area contributed by atoms with Gasteiger partial charge < -0.3 is 19.5 Å². The zero-order valence-corrected chi connectivity index (χ0v) is 16.5. The summed E-state index contributed by atoms with van der Waals surface area (Å²) in [5, 5.41) is 2.82. The molecule has 0 saturated heterocycles. The molecule has 0 aliphatic rings. The molecular formula is C24H25NO4. The Kier molecular flexibility index (Phi) is 7.52. The van der Waals surface area contributed by atoms with Crippen molar-refractivity contribution in [3.63, 3.8) is 0 Å². The van der Waals surface area contributed by atoms with Gasteiger partial charge in [-0.25, -0.2) is 0 Å². The van der Waals surface area contributed by atoms with Crippen LogP contribution in [0.2, 0.25) is 0 Å². The predicted molar refractivity (Wildman–Crippen MR) is 114 cm³/mol. The van der Waals surface area contributed by atoms with Crippen LogP contribution >= 0.6 is 0 Å². The van der Waals surface area contributed by atoms with Crippen LogP contribution in [0.5, 0.6) is 17.2 Å². The van der Waals surface area contributed by atoms with Gasteiger partial charge in [-0.3, -0.25) is 4.79 Å². The lowest BCUT2D eigenvalue weighted by Crippen LogP contribution is -2.20.